The smallest absolute Gasteiger partial charge is 0.327 e. The molecule has 8 nitrogen and oxygen atoms in total. The van der Waals surface area contributed by atoms with Gasteiger partial charge in [0.05, 0.1) is 0 Å². The van der Waals surface area contributed by atoms with Gasteiger partial charge in [0.1, 0.15) is 17.9 Å². The first-order chi connectivity index (χ1) is 14.2. The maximum absolute atomic E-state index is 13.2. The Hall–Kier alpha value is -3.75. The van der Waals surface area contributed by atoms with Crippen molar-refractivity contribution in [2.75, 3.05) is 11.9 Å². The molecule has 0 unspecified atom stereocenters. The predicted molar refractivity (Wildman–Crippen MR) is 105 cm³/mol. The molecule has 3 rings (SSSR count). The molecule has 9 heteroatoms. The van der Waals surface area contributed by atoms with Crippen molar-refractivity contribution in [1.82, 2.24) is 10.2 Å². The third kappa shape index (κ3) is 4.29. The minimum Gasteiger partial charge on any atom is -0.451 e. The van der Waals surface area contributed by atoms with E-state index in [1.807, 2.05) is 0 Å². The van der Waals surface area contributed by atoms with E-state index in [-0.39, 0.29) is 5.69 Å². The van der Waals surface area contributed by atoms with Crippen LogP contribution in [0, 0.1) is 5.82 Å². The van der Waals surface area contributed by atoms with Gasteiger partial charge in [-0.3, -0.25) is 19.3 Å². The summed E-state index contributed by atoms with van der Waals surface area (Å²) in [5, 5.41) is 5.00. The molecular formula is C21H20FN3O5. The van der Waals surface area contributed by atoms with Gasteiger partial charge in [0, 0.05) is 5.69 Å². The molecule has 156 valence electrons. The fourth-order valence-corrected chi connectivity index (χ4v) is 3.03. The lowest BCUT2D eigenvalue weighted by Gasteiger charge is -2.22. The minimum absolute atomic E-state index is 0.204. The lowest BCUT2D eigenvalue weighted by Crippen LogP contribution is -2.42. The summed E-state index contributed by atoms with van der Waals surface area (Å²) < 4.78 is 18.2. The molecule has 0 aromatic heterocycles. The highest BCUT2D eigenvalue weighted by molar-refractivity contribution is 6.09. The number of anilines is 1. The zero-order chi connectivity index (χ0) is 21.9. The van der Waals surface area contributed by atoms with Crippen LogP contribution in [0.15, 0.2) is 54.6 Å². The zero-order valence-corrected chi connectivity index (χ0v) is 16.3. The Morgan fingerprint density at radius 1 is 1.17 bits per heavy atom. The lowest BCUT2D eigenvalue weighted by molar-refractivity contribution is -0.155. The molecule has 0 radical (unpaired) electrons. The average Bonchev–Trinajstić information content (AvgIpc) is 2.92. The minimum atomic E-state index is -1.31. The van der Waals surface area contributed by atoms with Crippen LogP contribution < -0.4 is 10.6 Å². The second kappa shape index (κ2) is 8.32. The van der Waals surface area contributed by atoms with E-state index in [9.17, 15) is 23.6 Å². The van der Waals surface area contributed by atoms with Crippen LogP contribution in [0.1, 0.15) is 19.4 Å². The van der Waals surface area contributed by atoms with Gasteiger partial charge >= 0.3 is 12.0 Å². The van der Waals surface area contributed by atoms with Crippen LogP contribution in [0.3, 0.4) is 0 Å². The monoisotopic (exact) mass is 413 g/mol. The van der Waals surface area contributed by atoms with Gasteiger partial charge in [-0.1, -0.05) is 36.4 Å². The van der Waals surface area contributed by atoms with Gasteiger partial charge in [-0.05, 0) is 37.6 Å². The van der Waals surface area contributed by atoms with Gasteiger partial charge in [0.2, 0.25) is 0 Å². The Morgan fingerprint density at radius 2 is 1.87 bits per heavy atom. The Balaban J connectivity index is 1.61. The number of halogens is 1. The summed E-state index contributed by atoms with van der Waals surface area (Å²) in [6.45, 7) is 2.22. The van der Waals surface area contributed by atoms with Gasteiger partial charge in [0.25, 0.3) is 11.8 Å². The number of nitrogens with zero attached hydrogens (tertiary/aromatic N) is 1. The van der Waals surface area contributed by atoms with E-state index in [1.54, 1.807) is 37.3 Å². The number of amides is 4. The van der Waals surface area contributed by atoms with E-state index in [2.05, 4.69) is 10.6 Å². The molecule has 2 aromatic carbocycles. The molecule has 0 saturated carbocycles. The highest BCUT2D eigenvalue weighted by Gasteiger charge is 2.49. The molecule has 4 amide bonds. The molecule has 2 atom stereocenters. The molecule has 0 bridgehead atoms. The number of benzene rings is 2. The molecule has 30 heavy (non-hydrogen) atoms. The van der Waals surface area contributed by atoms with Crippen LogP contribution in [-0.2, 0) is 24.7 Å². The Morgan fingerprint density at radius 3 is 2.53 bits per heavy atom. The van der Waals surface area contributed by atoms with Crippen molar-refractivity contribution in [1.29, 1.82) is 0 Å². The number of carbonyl (C=O) groups is 4. The van der Waals surface area contributed by atoms with Crippen molar-refractivity contribution >= 4 is 29.5 Å². The number of hydrogen-bond acceptors (Lipinski definition) is 5. The SMILES string of the molecule is C[C@@H](OC(=O)CN1C(=O)N[C@@](C)(c2ccccc2)C1=O)C(=O)Nc1cccc(F)c1. The van der Waals surface area contributed by atoms with E-state index in [0.29, 0.717) is 5.56 Å². The fourth-order valence-electron chi connectivity index (χ4n) is 3.03. The van der Waals surface area contributed by atoms with Crippen LogP contribution in [0.25, 0.3) is 0 Å². The average molecular weight is 413 g/mol. The fraction of sp³-hybridized carbons (Fsp3) is 0.238. The highest BCUT2D eigenvalue weighted by atomic mass is 19.1. The van der Waals surface area contributed by atoms with Crippen molar-refractivity contribution in [3.63, 3.8) is 0 Å². The van der Waals surface area contributed by atoms with Crippen molar-refractivity contribution in [2.45, 2.75) is 25.5 Å². The molecule has 1 heterocycles. The van der Waals surface area contributed by atoms with E-state index >= 15 is 0 Å². The summed E-state index contributed by atoms with van der Waals surface area (Å²) in [6.07, 6.45) is -1.22. The van der Waals surface area contributed by atoms with Crippen LogP contribution in [0.4, 0.5) is 14.9 Å². The molecule has 1 aliphatic rings. The molecular weight excluding hydrogens is 393 g/mol. The van der Waals surface area contributed by atoms with Gasteiger partial charge in [-0.15, -0.1) is 0 Å². The molecule has 0 spiro atoms. The number of nitrogens with one attached hydrogen (secondary N) is 2. The van der Waals surface area contributed by atoms with Crippen LogP contribution in [0.2, 0.25) is 0 Å². The Labute approximate surface area is 172 Å². The summed E-state index contributed by atoms with van der Waals surface area (Å²) in [5.41, 5.74) is -0.531. The van der Waals surface area contributed by atoms with Gasteiger partial charge < -0.3 is 15.4 Å². The number of rotatable bonds is 6. The number of urea groups is 1. The first-order valence-corrected chi connectivity index (χ1v) is 9.16. The lowest BCUT2D eigenvalue weighted by atomic mass is 9.92. The summed E-state index contributed by atoms with van der Waals surface area (Å²) in [5.74, 6) is -2.75. The molecule has 0 aliphatic carbocycles. The van der Waals surface area contributed by atoms with E-state index in [1.165, 1.54) is 25.1 Å². The van der Waals surface area contributed by atoms with Crippen molar-refractivity contribution in [2.24, 2.45) is 0 Å². The van der Waals surface area contributed by atoms with Crippen molar-refractivity contribution in [3.8, 4) is 0 Å². The van der Waals surface area contributed by atoms with Crippen LogP contribution >= 0.6 is 0 Å². The largest absolute Gasteiger partial charge is 0.451 e. The predicted octanol–water partition coefficient (Wildman–Crippen LogP) is 2.16. The Kier molecular flexibility index (Phi) is 5.81. The van der Waals surface area contributed by atoms with Crippen molar-refractivity contribution in [3.05, 3.63) is 66.0 Å². The third-order valence-corrected chi connectivity index (χ3v) is 4.68. The van der Waals surface area contributed by atoms with E-state index in [0.717, 1.165) is 11.0 Å². The number of imide groups is 1. The topological polar surface area (TPSA) is 105 Å². The highest BCUT2D eigenvalue weighted by Crippen LogP contribution is 2.28. The van der Waals surface area contributed by atoms with E-state index in [4.69, 9.17) is 4.74 Å². The number of esters is 1. The summed E-state index contributed by atoms with van der Waals surface area (Å²) in [7, 11) is 0. The molecule has 1 saturated heterocycles. The van der Waals surface area contributed by atoms with E-state index < -0.39 is 47.8 Å². The van der Waals surface area contributed by atoms with Crippen molar-refractivity contribution < 1.29 is 28.3 Å². The number of carbonyl (C=O) groups excluding carboxylic acids is 4. The summed E-state index contributed by atoms with van der Waals surface area (Å²) in [6, 6.07) is 13.1. The third-order valence-electron chi connectivity index (χ3n) is 4.68. The molecule has 1 fully saturated rings. The van der Waals surface area contributed by atoms with Crippen LogP contribution in [-0.4, -0.2) is 41.4 Å². The van der Waals surface area contributed by atoms with Gasteiger partial charge in [-0.25, -0.2) is 9.18 Å². The first-order valence-electron chi connectivity index (χ1n) is 9.16. The zero-order valence-electron chi connectivity index (χ0n) is 16.3. The molecule has 1 aliphatic heterocycles. The number of hydrogen-bond donors (Lipinski definition) is 2. The molecule has 2 N–H and O–H groups in total. The summed E-state index contributed by atoms with van der Waals surface area (Å²) >= 11 is 0. The normalized spacial score (nSPS) is 19.2. The summed E-state index contributed by atoms with van der Waals surface area (Å²) in [4.78, 5) is 50.2. The van der Waals surface area contributed by atoms with Gasteiger partial charge in [0.15, 0.2) is 6.10 Å². The van der Waals surface area contributed by atoms with Crippen LogP contribution in [0.5, 0.6) is 0 Å². The standard InChI is InChI=1S/C21H20FN3O5/c1-13(18(27)23-16-10-6-9-15(22)11-16)30-17(26)12-25-19(28)21(2,24-20(25)29)14-7-4-3-5-8-14/h3-11,13H,12H2,1-2H3,(H,23,27)(H,24,29)/t13-,21+/m1/s1. The quantitative estimate of drug-likeness (QED) is 0.558. The number of ether oxygens (including phenoxy) is 1. The Bertz CT molecular complexity index is 997. The second-order valence-electron chi connectivity index (χ2n) is 6.94. The van der Waals surface area contributed by atoms with Gasteiger partial charge in [-0.2, -0.15) is 0 Å². The first kappa shape index (κ1) is 21.0. The maximum Gasteiger partial charge on any atom is 0.327 e. The second-order valence-corrected chi connectivity index (χ2v) is 6.94. The molecule has 2 aromatic rings. The maximum atomic E-state index is 13.2.